The fraction of sp³-hybridized carbons (Fsp3) is 0.364. The van der Waals surface area contributed by atoms with Crippen LogP contribution in [0.3, 0.4) is 0 Å². The smallest absolute Gasteiger partial charge is 0.280 e. The summed E-state index contributed by atoms with van der Waals surface area (Å²) in [4.78, 5) is 12.6. The fourth-order valence-corrected chi connectivity index (χ4v) is 1.50. The van der Waals surface area contributed by atoms with Gasteiger partial charge in [0, 0.05) is 6.20 Å². The molecule has 0 aromatic carbocycles. The summed E-state index contributed by atoms with van der Waals surface area (Å²) in [6.45, 7) is 4.73. The Morgan fingerprint density at radius 1 is 1.12 bits per heavy atom. The molecule has 0 fully saturated rings. The minimum absolute atomic E-state index is 0.358. The topological polar surface area (TPSA) is 57.1 Å². The molecule has 0 amide bonds. The van der Waals surface area contributed by atoms with Crippen molar-refractivity contribution in [3.63, 3.8) is 0 Å². The monoisotopic (exact) mass is 253 g/mol. The third kappa shape index (κ3) is 2.55. The average Bonchev–Trinajstić information content (AvgIpc) is 2.31. The van der Waals surface area contributed by atoms with Crippen LogP contribution in [0.4, 0.5) is 0 Å². The van der Waals surface area contributed by atoms with Crippen molar-refractivity contribution in [1.82, 2.24) is 15.0 Å². The van der Waals surface area contributed by atoms with Gasteiger partial charge in [-0.25, -0.2) is 9.97 Å². The first-order valence-electron chi connectivity index (χ1n) is 5.33. The summed E-state index contributed by atoms with van der Waals surface area (Å²) >= 11 is 5.85. The maximum absolute atomic E-state index is 5.85. The van der Waals surface area contributed by atoms with Crippen LogP contribution in [0.5, 0.6) is 11.8 Å². The average molecular weight is 254 g/mol. The summed E-state index contributed by atoms with van der Waals surface area (Å²) in [5, 5.41) is 0.512. The number of pyridine rings is 1. The van der Waals surface area contributed by atoms with Gasteiger partial charge in [0.2, 0.25) is 0 Å². The van der Waals surface area contributed by atoms with Crippen LogP contribution in [0.25, 0.3) is 11.2 Å². The lowest BCUT2D eigenvalue weighted by atomic mass is 10.4. The van der Waals surface area contributed by atoms with E-state index in [4.69, 9.17) is 21.1 Å². The number of hydrogen-bond acceptors (Lipinski definition) is 5. The van der Waals surface area contributed by atoms with Crippen molar-refractivity contribution in [3.8, 4) is 11.8 Å². The van der Waals surface area contributed by atoms with Gasteiger partial charge in [-0.05, 0) is 19.9 Å². The number of fused-ring (bicyclic) bond motifs is 1. The molecular formula is C11H12ClN3O2. The quantitative estimate of drug-likeness (QED) is 0.838. The van der Waals surface area contributed by atoms with E-state index in [1.807, 2.05) is 13.8 Å². The van der Waals surface area contributed by atoms with Gasteiger partial charge in [-0.15, -0.1) is 0 Å². The highest BCUT2D eigenvalue weighted by atomic mass is 35.5. The molecule has 0 aliphatic carbocycles. The standard InChI is InChI=1S/C11H12ClN3O2/c1-3-16-10-11(17-4-2)15-9-8(14-10)5-7(12)6-13-9/h5-6H,3-4H2,1-2H3. The molecule has 0 spiro atoms. The van der Waals surface area contributed by atoms with Gasteiger partial charge in [-0.1, -0.05) is 11.6 Å². The molecule has 0 atom stereocenters. The fourth-order valence-electron chi connectivity index (χ4n) is 1.35. The Hall–Kier alpha value is -1.62. The van der Waals surface area contributed by atoms with Gasteiger partial charge in [0.25, 0.3) is 11.8 Å². The van der Waals surface area contributed by atoms with E-state index < -0.39 is 0 Å². The van der Waals surface area contributed by atoms with Gasteiger partial charge in [0.15, 0.2) is 5.65 Å². The molecule has 2 aromatic heterocycles. The molecule has 6 heteroatoms. The highest BCUT2D eigenvalue weighted by Crippen LogP contribution is 2.25. The molecule has 2 heterocycles. The van der Waals surface area contributed by atoms with Crippen molar-refractivity contribution in [2.24, 2.45) is 0 Å². The summed E-state index contributed by atoms with van der Waals surface area (Å²) < 4.78 is 10.7. The molecule has 5 nitrogen and oxygen atoms in total. The van der Waals surface area contributed by atoms with Crippen LogP contribution < -0.4 is 9.47 Å². The predicted octanol–water partition coefficient (Wildman–Crippen LogP) is 2.48. The first-order chi connectivity index (χ1) is 8.24. The van der Waals surface area contributed by atoms with E-state index in [-0.39, 0.29) is 0 Å². The Kier molecular flexibility index (Phi) is 3.58. The number of ether oxygens (including phenoxy) is 2. The first kappa shape index (κ1) is 11.9. The van der Waals surface area contributed by atoms with Crippen LogP contribution in [0, 0.1) is 0 Å². The molecule has 2 rings (SSSR count). The molecule has 0 bridgehead atoms. The number of rotatable bonds is 4. The molecule has 0 unspecified atom stereocenters. The van der Waals surface area contributed by atoms with E-state index in [0.29, 0.717) is 41.2 Å². The SMILES string of the molecule is CCOc1nc2cc(Cl)cnc2nc1OCC. The second kappa shape index (κ2) is 5.14. The Balaban J connectivity index is 2.55. The molecule has 2 aromatic rings. The number of halogens is 1. The van der Waals surface area contributed by atoms with E-state index in [1.165, 1.54) is 6.20 Å². The van der Waals surface area contributed by atoms with Crippen molar-refractivity contribution in [1.29, 1.82) is 0 Å². The molecule has 0 saturated carbocycles. The van der Waals surface area contributed by atoms with E-state index in [2.05, 4.69) is 15.0 Å². The molecular weight excluding hydrogens is 242 g/mol. The van der Waals surface area contributed by atoms with Gasteiger partial charge in [0.05, 0.1) is 18.2 Å². The Labute approximate surface area is 104 Å². The maximum atomic E-state index is 5.85. The van der Waals surface area contributed by atoms with Gasteiger partial charge in [0.1, 0.15) is 5.52 Å². The molecule has 90 valence electrons. The van der Waals surface area contributed by atoms with Gasteiger partial charge >= 0.3 is 0 Å². The molecule has 0 aliphatic heterocycles. The lowest BCUT2D eigenvalue weighted by molar-refractivity contribution is 0.270. The lowest BCUT2D eigenvalue weighted by Crippen LogP contribution is -2.03. The zero-order chi connectivity index (χ0) is 12.3. The van der Waals surface area contributed by atoms with Gasteiger partial charge in [-0.2, -0.15) is 4.98 Å². The zero-order valence-corrected chi connectivity index (χ0v) is 10.4. The van der Waals surface area contributed by atoms with Crippen LogP contribution >= 0.6 is 11.6 Å². The van der Waals surface area contributed by atoms with Crippen LogP contribution in [0.2, 0.25) is 5.02 Å². The Bertz CT molecular complexity index is 533. The number of hydrogen-bond donors (Lipinski definition) is 0. The van der Waals surface area contributed by atoms with Crippen molar-refractivity contribution in [2.75, 3.05) is 13.2 Å². The molecule has 0 saturated heterocycles. The maximum Gasteiger partial charge on any atom is 0.280 e. The van der Waals surface area contributed by atoms with E-state index >= 15 is 0 Å². The van der Waals surface area contributed by atoms with Crippen molar-refractivity contribution < 1.29 is 9.47 Å². The lowest BCUT2D eigenvalue weighted by Gasteiger charge is -2.09. The van der Waals surface area contributed by atoms with Crippen LogP contribution in [0.15, 0.2) is 12.3 Å². The zero-order valence-electron chi connectivity index (χ0n) is 9.61. The summed E-state index contributed by atoms with van der Waals surface area (Å²) in [6.07, 6.45) is 1.52. The molecule has 17 heavy (non-hydrogen) atoms. The second-order valence-corrected chi connectivity index (χ2v) is 3.63. The molecule has 0 aliphatic rings. The summed E-state index contributed by atoms with van der Waals surface area (Å²) in [5.41, 5.74) is 1.07. The molecule has 0 radical (unpaired) electrons. The van der Waals surface area contributed by atoms with Crippen LogP contribution in [0.1, 0.15) is 13.8 Å². The van der Waals surface area contributed by atoms with Gasteiger partial charge < -0.3 is 9.47 Å². The summed E-state index contributed by atoms with van der Waals surface area (Å²) in [6, 6.07) is 1.69. The van der Waals surface area contributed by atoms with Crippen molar-refractivity contribution in [2.45, 2.75) is 13.8 Å². The summed E-state index contributed by atoms with van der Waals surface area (Å²) in [7, 11) is 0. The largest absolute Gasteiger partial charge is 0.474 e. The van der Waals surface area contributed by atoms with E-state index in [1.54, 1.807) is 6.07 Å². The second-order valence-electron chi connectivity index (χ2n) is 3.20. The van der Waals surface area contributed by atoms with E-state index in [0.717, 1.165) is 0 Å². The van der Waals surface area contributed by atoms with Crippen molar-refractivity contribution >= 4 is 22.8 Å². The van der Waals surface area contributed by atoms with Crippen molar-refractivity contribution in [3.05, 3.63) is 17.3 Å². The first-order valence-corrected chi connectivity index (χ1v) is 5.71. The summed E-state index contributed by atoms with van der Waals surface area (Å²) in [5.74, 6) is 0.725. The normalized spacial score (nSPS) is 10.5. The third-order valence-corrected chi connectivity index (χ3v) is 2.20. The number of nitrogens with zero attached hydrogens (tertiary/aromatic N) is 3. The Morgan fingerprint density at radius 2 is 1.76 bits per heavy atom. The van der Waals surface area contributed by atoms with Crippen LogP contribution in [-0.4, -0.2) is 28.2 Å². The van der Waals surface area contributed by atoms with Gasteiger partial charge in [-0.3, -0.25) is 0 Å². The minimum atomic E-state index is 0.358. The number of aromatic nitrogens is 3. The van der Waals surface area contributed by atoms with E-state index in [9.17, 15) is 0 Å². The highest BCUT2D eigenvalue weighted by Gasteiger charge is 2.11. The Morgan fingerprint density at radius 3 is 2.41 bits per heavy atom. The molecule has 0 N–H and O–H groups in total. The third-order valence-electron chi connectivity index (χ3n) is 1.99. The van der Waals surface area contributed by atoms with Crippen LogP contribution in [-0.2, 0) is 0 Å². The predicted molar refractivity (Wildman–Crippen MR) is 64.7 cm³/mol. The minimum Gasteiger partial charge on any atom is -0.474 e. The highest BCUT2D eigenvalue weighted by molar-refractivity contribution is 6.30.